The lowest BCUT2D eigenvalue weighted by Crippen LogP contribution is -2.23. The SMILES string of the molecule is Cc1ccc(CCCC(C)(C)C(=O)O)c(CCCC2(C(=O)O)CC2)c1. The normalized spacial score (nSPS) is 15.8. The molecule has 1 aliphatic rings. The topological polar surface area (TPSA) is 74.6 Å². The summed E-state index contributed by atoms with van der Waals surface area (Å²) in [6.07, 6.45) is 6.53. The zero-order valence-corrected chi connectivity index (χ0v) is 15.6. The number of carboxylic acid groups (broad SMARTS) is 2. The van der Waals surface area contributed by atoms with Crippen LogP contribution in [0.15, 0.2) is 18.2 Å². The van der Waals surface area contributed by atoms with E-state index in [0.29, 0.717) is 6.42 Å². The molecule has 0 radical (unpaired) electrons. The smallest absolute Gasteiger partial charge is 0.309 e. The van der Waals surface area contributed by atoms with Crippen molar-refractivity contribution in [2.24, 2.45) is 10.8 Å². The number of carboxylic acids is 2. The van der Waals surface area contributed by atoms with E-state index in [-0.39, 0.29) is 0 Å². The first-order chi connectivity index (χ1) is 11.7. The van der Waals surface area contributed by atoms with Crippen molar-refractivity contribution in [1.82, 2.24) is 0 Å². The molecule has 1 aliphatic carbocycles. The van der Waals surface area contributed by atoms with Crippen molar-refractivity contribution < 1.29 is 19.8 Å². The first-order valence-electron chi connectivity index (χ1n) is 9.21. The number of hydrogen-bond acceptors (Lipinski definition) is 2. The zero-order valence-electron chi connectivity index (χ0n) is 15.6. The van der Waals surface area contributed by atoms with Gasteiger partial charge in [0.05, 0.1) is 10.8 Å². The second-order valence-electron chi connectivity index (χ2n) is 8.25. The van der Waals surface area contributed by atoms with Gasteiger partial charge in [-0.2, -0.15) is 0 Å². The summed E-state index contributed by atoms with van der Waals surface area (Å²) >= 11 is 0. The Kier molecular flexibility index (Phi) is 5.91. The van der Waals surface area contributed by atoms with Gasteiger partial charge in [0.1, 0.15) is 0 Å². The van der Waals surface area contributed by atoms with Crippen molar-refractivity contribution in [2.45, 2.75) is 72.1 Å². The Hall–Kier alpha value is -1.84. The van der Waals surface area contributed by atoms with E-state index >= 15 is 0 Å². The highest BCUT2D eigenvalue weighted by Gasteiger charge is 2.49. The Bertz CT molecular complexity index is 641. The first-order valence-corrected chi connectivity index (χ1v) is 9.21. The van der Waals surface area contributed by atoms with Crippen LogP contribution in [0.5, 0.6) is 0 Å². The summed E-state index contributed by atoms with van der Waals surface area (Å²) in [7, 11) is 0. The molecule has 1 fully saturated rings. The molecule has 0 aromatic heterocycles. The minimum absolute atomic E-state index is 0.449. The third-order valence-corrected chi connectivity index (χ3v) is 5.60. The largest absolute Gasteiger partial charge is 0.481 e. The van der Waals surface area contributed by atoms with Gasteiger partial charge in [-0.25, -0.2) is 0 Å². The van der Waals surface area contributed by atoms with E-state index in [2.05, 4.69) is 25.1 Å². The van der Waals surface area contributed by atoms with Gasteiger partial charge in [0.2, 0.25) is 0 Å². The molecule has 2 rings (SSSR count). The molecule has 0 heterocycles. The van der Waals surface area contributed by atoms with Gasteiger partial charge in [-0.15, -0.1) is 0 Å². The summed E-state index contributed by atoms with van der Waals surface area (Å²) in [5.41, 5.74) is 2.63. The average molecular weight is 346 g/mol. The van der Waals surface area contributed by atoms with Crippen LogP contribution in [-0.4, -0.2) is 22.2 Å². The van der Waals surface area contributed by atoms with Gasteiger partial charge in [-0.05, 0) is 83.3 Å². The quantitative estimate of drug-likeness (QED) is 0.648. The van der Waals surface area contributed by atoms with Crippen molar-refractivity contribution in [2.75, 3.05) is 0 Å². The first kappa shape index (κ1) is 19.5. The molecule has 4 heteroatoms. The molecule has 2 N–H and O–H groups in total. The van der Waals surface area contributed by atoms with E-state index in [1.807, 2.05) is 0 Å². The van der Waals surface area contributed by atoms with Gasteiger partial charge < -0.3 is 10.2 Å². The Labute approximate surface area is 150 Å². The maximum atomic E-state index is 11.3. The minimum Gasteiger partial charge on any atom is -0.481 e. The van der Waals surface area contributed by atoms with Gasteiger partial charge in [0, 0.05) is 0 Å². The second kappa shape index (κ2) is 7.59. The maximum absolute atomic E-state index is 11.3. The highest BCUT2D eigenvalue weighted by atomic mass is 16.4. The zero-order chi connectivity index (χ0) is 18.7. The highest BCUT2D eigenvalue weighted by Crippen LogP contribution is 2.50. The summed E-state index contributed by atoms with van der Waals surface area (Å²) in [6.45, 7) is 5.61. The lowest BCUT2D eigenvalue weighted by atomic mass is 9.85. The van der Waals surface area contributed by atoms with Crippen LogP contribution < -0.4 is 0 Å². The van der Waals surface area contributed by atoms with Gasteiger partial charge in [0.15, 0.2) is 0 Å². The fourth-order valence-electron chi connectivity index (χ4n) is 3.40. The van der Waals surface area contributed by atoms with Crippen molar-refractivity contribution >= 4 is 11.9 Å². The van der Waals surface area contributed by atoms with Gasteiger partial charge in [0.25, 0.3) is 0 Å². The van der Waals surface area contributed by atoms with Crippen LogP contribution in [0.25, 0.3) is 0 Å². The molecule has 0 atom stereocenters. The van der Waals surface area contributed by atoms with Crippen LogP contribution in [-0.2, 0) is 22.4 Å². The molecular weight excluding hydrogens is 316 g/mol. The average Bonchev–Trinajstić information content (AvgIpc) is 3.30. The molecule has 0 amide bonds. The molecule has 4 nitrogen and oxygen atoms in total. The van der Waals surface area contributed by atoms with Crippen LogP contribution in [0.2, 0.25) is 0 Å². The van der Waals surface area contributed by atoms with E-state index in [1.54, 1.807) is 13.8 Å². The molecule has 0 unspecified atom stereocenters. The Morgan fingerprint density at radius 1 is 1.08 bits per heavy atom. The molecule has 1 aromatic rings. The van der Waals surface area contributed by atoms with E-state index in [9.17, 15) is 19.8 Å². The Morgan fingerprint density at radius 3 is 2.28 bits per heavy atom. The third-order valence-electron chi connectivity index (χ3n) is 5.60. The molecular formula is C21H30O4. The maximum Gasteiger partial charge on any atom is 0.309 e. The Balaban J connectivity index is 1.93. The molecule has 0 aliphatic heterocycles. The van der Waals surface area contributed by atoms with E-state index < -0.39 is 22.8 Å². The van der Waals surface area contributed by atoms with Crippen LogP contribution in [0.1, 0.15) is 69.1 Å². The number of rotatable bonds is 10. The summed E-state index contributed by atoms with van der Waals surface area (Å²) in [4.78, 5) is 22.5. The number of aliphatic carboxylic acids is 2. The number of aryl methyl sites for hydroxylation is 3. The molecule has 0 spiro atoms. The lowest BCUT2D eigenvalue weighted by Gasteiger charge is -2.19. The summed E-state index contributed by atoms with van der Waals surface area (Å²) in [6, 6.07) is 6.43. The van der Waals surface area contributed by atoms with Crippen molar-refractivity contribution in [1.29, 1.82) is 0 Å². The molecule has 1 saturated carbocycles. The monoisotopic (exact) mass is 346 g/mol. The summed E-state index contributed by atoms with van der Waals surface area (Å²) in [5, 5.41) is 18.5. The molecule has 1 aromatic carbocycles. The number of benzene rings is 1. The lowest BCUT2D eigenvalue weighted by molar-refractivity contribution is -0.147. The van der Waals surface area contributed by atoms with Crippen molar-refractivity contribution in [3.05, 3.63) is 34.9 Å². The number of carbonyl (C=O) groups is 2. The molecule has 0 bridgehead atoms. The standard InChI is InChI=1S/C21H30O4/c1-15-8-9-16(6-4-10-20(2,3)18(22)23)17(14-15)7-5-11-21(12-13-21)19(24)25/h8-9,14H,4-7,10-13H2,1-3H3,(H,22,23)(H,24,25). The van der Waals surface area contributed by atoms with Crippen molar-refractivity contribution in [3.8, 4) is 0 Å². The van der Waals surface area contributed by atoms with Crippen LogP contribution in [0.4, 0.5) is 0 Å². The fourth-order valence-corrected chi connectivity index (χ4v) is 3.40. The van der Waals surface area contributed by atoms with E-state index in [1.165, 1.54) is 16.7 Å². The van der Waals surface area contributed by atoms with Gasteiger partial charge in [-0.3, -0.25) is 9.59 Å². The predicted molar refractivity (Wildman–Crippen MR) is 97.8 cm³/mol. The highest BCUT2D eigenvalue weighted by molar-refractivity contribution is 5.77. The van der Waals surface area contributed by atoms with Crippen LogP contribution in [0, 0.1) is 17.8 Å². The predicted octanol–water partition coefficient (Wildman–Crippen LogP) is 4.62. The molecule has 0 saturated heterocycles. The van der Waals surface area contributed by atoms with Crippen LogP contribution >= 0.6 is 0 Å². The Morgan fingerprint density at radius 2 is 1.72 bits per heavy atom. The summed E-state index contributed by atoms with van der Waals surface area (Å²) in [5.74, 6) is -1.40. The van der Waals surface area contributed by atoms with E-state index in [0.717, 1.165) is 44.9 Å². The minimum atomic E-state index is -0.750. The number of hydrogen-bond donors (Lipinski definition) is 2. The van der Waals surface area contributed by atoms with Gasteiger partial charge >= 0.3 is 11.9 Å². The third kappa shape index (κ3) is 5.07. The fraction of sp³-hybridized carbons (Fsp3) is 0.619. The van der Waals surface area contributed by atoms with E-state index in [4.69, 9.17) is 0 Å². The second-order valence-corrected chi connectivity index (χ2v) is 8.25. The summed E-state index contributed by atoms with van der Waals surface area (Å²) < 4.78 is 0. The van der Waals surface area contributed by atoms with Crippen LogP contribution in [0.3, 0.4) is 0 Å². The molecule has 138 valence electrons. The van der Waals surface area contributed by atoms with Gasteiger partial charge in [-0.1, -0.05) is 23.8 Å². The molecule has 25 heavy (non-hydrogen) atoms. The van der Waals surface area contributed by atoms with Crippen molar-refractivity contribution in [3.63, 3.8) is 0 Å².